The molecular weight excluding hydrogens is 492 g/mol. The minimum absolute atomic E-state index is 0.0693. The number of rotatable bonds is 5. The van der Waals surface area contributed by atoms with Gasteiger partial charge in [0.25, 0.3) is 5.91 Å². The Balaban J connectivity index is 1.26. The van der Waals surface area contributed by atoms with Crippen LogP contribution in [-0.2, 0) is 14.8 Å². The lowest BCUT2D eigenvalue weighted by Crippen LogP contribution is -2.51. The number of anilines is 1. The molecule has 2 unspecified atom stereocenters. The molecule has 2 atom stereocenters. The van der Waals surface area contributed by atoms with Gasteiger partial charge in [-0.05, 0) is 80.7 Å². The Kier molecular flexibility index (Phi) is 6.63. The fourth-order valence-electron chi connectivity index (χ4n) is 6.56. The SMILES string of the molecule is Cc1cc(N(C)C(=O)O)cc(C)c1C1CC1S(=O)(=O)N1CCC2(CC1)N=C(C1CCC(C)CC1)NC2=O. The van der Waals surface area contributed by atoms with Crippen LogP contribution in [0.3, 0.4) is 0 Å². The van der Waals surface area contributed by atoms with Gasteiger partial charge in [-0.15, -0.1) is 0 Å². The van der Waals surface area contributed by atoms with Crippen LogP contribution in [0.5, 0.6) is 0 Å². The zero-order valence-corrected chi connectivity index (χ0v) is 23.0. The Morgan fingerprint density at radius 2 is 1.73 bits per heavy atom. The highest BCUT2D eigenvalue weighted by atomic mass is 32.2. The fraction of sp³-hybridized carbons (Fsp3) is 0.667. The van der Waals surface area contributed by atoms with Crippen molar-refractivity contribution in [1.29, 1.82) is 0 Å². The predicted octanol–water partition coefficient (Wildman–Crippen LogP) is 3.79. The van der Waals surface area contributed by atoms with Crippen LogP contribution in [0, 0.1) is 25.7 Å². The molecule has 10 heteroatoms. The molecule has 4 aliphatic rings. The molecule has 9 nitrogen and oxygen atoms in total. The van der Waals surface area contributed by atoms with Gasteiger partial charge in [-0.3, -0.25) is 14.7 Å². The van der Waals surface area contributed by atoms with Crippen LogP contribution >= 0.6 is 0 Å². The summed E-state index contributed by atoms with van der Waals surface area (Å²) in [5.74, 6) is 1.68. The summed E-state index contributed by atoms with van der Waals surface area (Å²) in [7, 11) is -2.02. The van der Waals surface area contributed by atoms with Gasteiger partial charge in [0.05, 0.1) is 5.25 Å². The maximum atomic E-state index is 13.5. The summed E-state index contributed by atoms with van der Waals surface area (Å²) in [5.41, 5.74) is 2.56. The van der Waals surface area contributed by atoms with Crippen molar-refractivity contribution in [3.63, 3.8) is 0 Å². The van der Waals surface area contributed by atoms with Crippen LogP contribution in [0.1, 0.15) is 74.5 Å². The van der Waals surface area contributed by atoms with E-state index in [1.807, 2.05) is 26.0 Å². The van der Waals surface area contributed by atoms with E-state index in [4.69, 9.17) is 4.99 Å². The lowest BCUT2D eigenvalue weighted by atomic mass is 9.82. The third-order valence-electron chi connectivity index (χ3n) is 9.05. The van der Waals surface area contributed by atoms with Gasteiger partial charge >= 0.3 is 6.09 Å². The number of piperidine rings is 1. The smallest absolute Gasteiger partial charge is 0.411 e. The van der Waals surface area contributed by atoms with E-state index in [0.717, 1.165) is 59.0 Å². The first-order chi connectivity index (χ1) is 17.4. The van der Waals surface area contributed by atoms with Crippen LogP contribution in [0.15, 0.2) is 17.1 Å². The van der Waals surface area contributed by atoms with Gasteiger partial charge in [-0.2, -0.15) is 0 Å². The number of amides is 2. The van der Waals surface area contributed by atoms with Gasteiger partial charge in [0, 0.05) is 37.7 Å². The molecular formula is C27H38N4O5S. The van der Waals surface area contributed by atoms with E-state index in [1.54, 1.807) is 4.31 Å². The Labute approximate surface area is 219 Å². The van der Waals surface area contributed by atoms with E-state index >= 15 is 0 Å². The Morgan fingerprint density at radius 1 is 1.14 bits per heavy atom. The Bertz CT molecular complexity index is 1220. The monoisotopic (exact) mass is 530 g/mol. The van der Waals surface area contributed by atoms with E-state index in [9.17, 15) is 23.1 Å². The molecule has 0 aromatic heterocycles. The molecule has 2 aliphatic heterocycles. The van der Waals surface area contributed by atoms with E-state index < -0.39 is 26.9 Å². The largest absolute Gasteiger partial charge is 0.465 e. The summed E-state index contributed by atoms with van der Waals surface area (Å²) in [6.45, 7) is 6.70. The molecule has 1 aromatic carbocycles. The van der Waals surface area contributed by atoms with E-state index in [2.05, 4.69) is 12.2 Å². The van der Waals surface area contributed by atoms with Crippen molar-refractivity contribution in [2.24, 2.45) is 16.8 Å². The molecule has 3 fully saturated rings. The van der Waals surface area contributed by atoms with Gasteiger partial charge in [0.1, 0.15) is 11.4 Å². The molecule has 2 heterocycles. The maximum absolute atomic E-state index is 13.5. The first-order valence-corrected chi connectivity index (χ1v) is 14.9. The van der Waals surface area contributed by atoms with Crippen LogP contribution in [0.2, 0.25) is 0 Å². The van der Waals surface area contributed by atoms with Crippen molar-refractivity contribution in [2.75, 3.05) is 25.0 Å². The Morgan fingerprint density at radius 3 is 2.30 bits per heavy atom. The first kappa shape index (κ1) is 26.2. The lowest BCUT2D eigenvalue weighted by molar-refractivity contribution is -0.125. The summed E-state index contributed by atoms with van der Waals surface area (Å²) >= 11 is 0. The summed E-state index contributed by atoms with van der Waals surface area (Å²) in [6, 6.07) is 3.62. The number of benzene rings is 1. The molecule has 2 saturated carbocycles. The van der Waals surface area contributed by atoms with Crippen molar-refractivity contribution in [2.45, 2.75) is 82.4 Å². The van der Waals surface area contributed by atoms with Crippen molar-refractivity contribution >= 4 is 33.5 Å². The number of carboxylic acid groups (broad SMARTS) is 1. The zero-order valence-electron chi connectivity index (χ0n) is 22.2. The number of hydrogen-bond acceptors (Lipinski definition) is 5. The standard InChI is InChI=1S/C27H38N4O5S/c1-16-5-7-19(8-6-16)24-28-25(32)27(29-24)9-11-31(12-10-27)37(35,36)22-15-21(22)23-17(2)13-20(14-18(23)3)30(4)26(33)34/h13-14,16,19,21-22H,5-12,15H2,1-4H3,(H,33,34)(H,28,29,32). The minimum atomic E-state index is -3.51. The Hall–Kier alpha value is -2.46. The average molecular weight is 531 g/mol. The van der Waals surface area contributed by atoms with Crippen molar-refractivity contribution in [1.82, 2.24) is 9.62 Å². The van der Waals surface area contributed by atoms with Crippen molar-refractivity contribution < 1.29 is 23.1 Å². The number of sulfonamides is 1. The van der Waals surface area contributed by atoms with Crippen molar-refractivity contribution in [3.05, 3.63) is 28.8 Å². The minimum Gasteiger partial charge on any atom is -0.465 e. The van der Waals surface area contributed by atoms with Gasteiger partial charge in [-0.1, -0.05) is 19.8 Å². The predicted molar refractivity (Wildman–Crippen MR) is 143 cm³/mol. The van der Waals surface area contributed by atoms with E-state index in [1.165, 1.54) is 7.05 Å². The molecule has 37 heavy (non-hydrogen) atoms. The van der Waals surface area contributed by atoms with Gasteiger partial charge < -0.3 is 10.4 Å². The summed E-state index contributed by atoms with van der Waals surface area (Å²) in [4.78, 5) is 30.4. The number of carbonyl (C=O) groups is 2. The molecule has 2 aliphatic carbocycles. The quantitative estimate of drug-likeness (QED) is 0.600. The second kappa shape index (κ2) is 9.38. The molecule has 5 rings (SSSR count). The number of hydrogen-bond donors (Lipinski definition) is 2. The number of nitrogens with one attached hydrogen (secondary N) is 1. The number of aliphatic imine (C=N–C) groups is 1. The third-order valence-corrected chi connectivity index (χ3v) is 11.4. The number of aryl methyl sites for hydroxylation is 2. The van der Waals surface area contributed by atoms with Gasteiger partial charge in [-0.25, -0.2) is 17.5 Å². The number of carbonyl (C=O) groups excluding carboxylic acids is 1. The van der Waals surface area contributed by atoms with Crippen LogP contribution in [-0.4, -0.2) is 66.6 Å². The van der Waals surface area contributed by atoms with E-state index in [-0.39, 0.29) is 11.8 Å². The fourth-order valence-corrected chi connectivity index (χ4v) is 8.63. The normalized spacial score (nSPS) is 29.6. The van der Waals surface area contributed by atoms with Gasteiger partial charge in [0.15, 0.2) is 0 Å². The first-order valence-electron chi connectivity index (χ1n) is 13.4. The molecule has 202 valence electrons. The summed E-state index contributed by atoms with van der Waals surface area (Å²) in [6.07, 6.45) is 4.74. The molecule has 0 bridgehead atoms. The van der Waals surface area contributed by atoms with Crippen LogP contribution in [0.25, 0.3) is 0 Å². The van der Waals surface area contributed by atoms with E-state index in [0.29, 0.717) is 44.0 Å². The second-order valence-corrected chi connectivity index (χ2v) is 13.8. The lowest BCUT2D eigenvalue weighted by Gasteiger charge is -2.35. The molecule has 1 aromatic rings. The molecule has 1 spiro atoms. The summed E-state index contributed by atoms with van der Waals surface area (Å²) in [5, 5.41) is 11.9. The topological polar surface area (TPSA) is 119 Å². The van der Waals surface area contributed by atoms with Crippen LogP contribution < -0.4 is 10.2 Å². The third kappa shape index (κ3) is 4.67. The molecule has 2 N–H and O–H groups in total. The summed E-state index contributed by atoms with van der Waals surface area (Å²) < 4.78 is 28.7. The zero-order chi connectivity index (χ0) is 26.7. The maximum Gasteiger partial charge on any atom is 0.411 e. The highest BCUT2D eigenvalue weighted by molar-refractivity contribution is 7.90. The highest BCUT2D eigenvalue weighted by Crippen LogP contribution is 2.50. The van der Waals surface area contributed by atoms with Crippen LogP contribution in [0.4, 0.5) is 10.5 Å². The highest BCUT2D eigenvalue weighted by Gasteiger charge is 2.54. The molecule has 1 saturated heterocycles. The number of amidine groups is 1. The second-order valence-electron chi connectivity index (χ2n) is 11.6. The number of nitrogens with zero attached hydrogens (tertiary/aromatic N) is 3. The van der Waals surface area contributed by atoms with Gasteiger partial charge in [0.2, 0.25) is 10.0 Å². The van der Waals surface area contributed by atoms with Crippen molar-refractivity contribution in [3.8, 4) is 0 Å². The molecule has 0 radical (unpaired) electrons. The average Bonchev–Trinajstić information content (AvgIpc) is 3.58. The molecule has 2 amide bonds.